The zero-order valence-electron chi connectivity index (χ0n) is 10.4. The Labute approximate surface area is 102 Å². The second-order valence-corrected chi connectivity index (χ2v) is 4.51. The van der Waals surface area contributed by atoms with E-state index in [9.17, 15) is 0 Å². The van der Waals surface area contributed by atoms with E-state index in [1.807, 2.05) is 17.8 Å². The number of nitrogens with zero attached hydrogens (tertiary/aromatic N) is 2. The molecule has 1 aromatic heterocycles. The fourth-order valence-corrected chi connectivity index (χ4v) is 2.09. The minimum absolute atomic E-state index is 0.0583. The first kappa shape index (κ1) is 11.9. The average molecular weight is 229 g/mol. The quantitative estimate of drug-likeness (QED) is 0.874. The molecule has 90 valence electrons. The lowest BCUT2D eigenvalue weighted by Crippen LogP contribution is -2.15. The van der Waals surface area contributed by atoms with Gasteiger partial charge in [0, 0.05) is 19.3 Å². The van der Waals surface area contributed by atoms with Gasteiger partial charge in [0.15, 0.2) is 0 Å². The van der Waals surface area contributed by atoms with Crippen LogP contribution in [0.25, 0.3) is 0 Å². The highest BCUT2D eigenvalue weighted by molar-refractivity contribution is 5.22. The molecule has 0 fully saturated rings. The van der Waals surface area contributed by atoms with Gasteiger partial charge in [-0.15, -0.1) is 0 Å². The third kappa shape index (κ3) is 2.94. The highest BCUT2D eigenvalue weighted by Crippen LogP contribution is 2.16. The van der Waals surface area contributed by atoms with Gasteiger partial charge in [-0.3, -0.25) is 4.68 Å². The minimum atomic E-state index is 0.0583. The first-order chi connectivity index (χ1) is 8.16. The number of hydrogen-bond acceptors (Lipinski definition) is 2. The maximum atomic E-state index is 6.17. The molecule has 0 amide bonds. The van der Waals surface area contributed by atoms with Gasteiger partial charge in [0.05, 0.1) is 5.69 Å². The standard InChI is InChI=1S/C14H19N3/c1-11-4-3-5-12(10-11)6-7-13(15)14-8-9-16-17(14)2/h3-5,8-10,13H,6-7,15H2,1-2H3. The first-order valence-corrected chi connectivity index (χ1v) is 5.96. The van der Waals surface area contributed by atoms with E-state index in [4.69, 9.17) is 5.73 Å². The van der Waals surface area contributed by atoms with Crippen LogP contribution in [0, 0.1) is 6.92 Å². The van der Waals surface area contributed by atoms with Crippen molar-refractivity contribution in [1.29, 1.82) is 0 Å². The summed E-state index contributed by atoms with van der Waals surface area (Å²) in [6.45, 7) is 2.12. The molecule has 2 aromatic rings. The van der Waals surface area contributed by atoms with E-state index >= 15 is 0 Å². The minimum Gasteiger partial charge on any atom is -0.323 e. The third-order valence-corrected chi connectivity index (χ3v) is 3.07. The van der Waals surface area contributed by atoms with Gasteiger partial charge in [-0.2, -0.15) is 5.10 Å². The molecule has 1 atom stereocenters. The van der Waals surface area contributed by atoms with Crippen molar-refractivity contribution in [3.63, 3.8) is 0 Å². The van der Waals surface area contributed by atoms with Crippen molar-refractivity contribution in [2.75, 3.05) is 0 Å². The van der Waals surface area contributed by atoms with Crippen molar-refractivity contribution in [3.05, 3.63) is 53.3 Å². The largest absolute Gasteiger partial charge is 0.323 e. The Bertz CT molecular complexity index is 488. The summed E-state index contributed by atoms with van der Waals surface area (Å²) >= 11 is 0. The Kier molecular flexibility index (Phi) is 3.59. The van der Waals surface area contributed by atoms with Crippen LogP contribution in [-0.2, 0) is 13.5 Å². The fourth-order valence-electron chi connectivity index (χ4n) is 2.09. The van der Waals surface area contributed by atoms with Crippen molar-refractivity contribution in [2.45, 2.75) is 25.8 Å². The Hall–Kier alpha value is -1.61. The Morgan fingerprint density at radius 1 is 1.35 bits per heavy atom. The van der Waals surface area contributed by atoms with E-state index in [1.165, 1.54) is 11.1 Å². The molecule has 0 saturated heterocycles. The van der Waals surface area contributed by atoms with Gasteiger partial charge in [0.2, 0.25) is 0 Å². The molecule has 1 aromatic carbocycles. The average Bonchev–Trinajstić information content (AvgIpc) is 2.72. The summed E-state index contributed by atoms with van der Waals surface area (Å²) < 4.78 is 1.85. The van der Waals surface area contributed by atoms with Crippen LogP contribution in [0.1, 0.15) is 29.3 Å². The van der Waals surface area contributed by atoms with Crippen LogP contribution in [0.15, 0.2) is 36.5 Å². The molecule has 1 heterocycles. The Morgan fingerprint density at radius 3 is 2.82 bits per heavy atom. The zero-order chi connectivity index (χ0) is 12.3. The molecule has 0 aliphatic rings. The van der Waals surface area contributed by atoms with Crippen LogP contribution in [0.2, 0.25) is 0 Å². The lowest BCUT2D eigenvalue weighted by atomic mass is 10.0. The van der Waals surface area contributed by atoms with Gasteiger partial charge < -0.3 is 5.73 Å². The van der Waals surface area contributed by atoms with E-state index in [-0.39, 0.29) is 6.04 Å². The molecular formula is C14H19N3. The van der Waals surface area contributed by atoms with Crippen molar-refractivity contribution in [3.8, 4) is 0 Å². The normalized spacial score (nSPS) is 12.6. The molecule has 0 aliphatic carbocycles. The summed E-state index contributed by atoms with van der Waals surface area (Å²) in [5.74, 6) is 0. The lowest BCUT2D eigenvalue weighted by molar-refractivity contribution is 0.582. The molecule has 17 heavy (non-hydrogen) atoms. The van der Waals surface area contributed by atoms with Crippen LogP contribution in [-0.4, -0.2) is 9.78 Å². The predicted octanol–water partition coefficient (Wildman–Crippen LogP) is 2.36. The van der Waals surface area contributed by atoms with Crippen molar-refractivity contribution in [1.82, 2.24) is 9.78 Å². The van der Waals surface area contributed by atoms with Crippen LogP contribution >= 0.6 is 0 Å². The summed E-state index contributed by atoms with van der Waals surface area (Å²) in [4.78, 5) is 0. The highest BCUT2D eigenvalue weighted by atomic mass is 15.3. The number of aryl methyl sites for hydroxylation is 3. The van der Waals surface area contributed by atoms with Crippen molar-refractivity contribution >= 4 is 0 Å². The topological polar surface area (TPSA) is 43.8 Å². The molecule has 3 nitrogen and oxygen atoms in total. The van der Waals surface area contributed by atoms with E-state index in [0.717, 1.165) is 18.5 Å². The number of rotatable bonds is 4. The summed E-state index contributed by atoms with van der Waals surface area (Å²) in [6, 6.07) is 10.6. The Balaban J connectivity index is 1.97. The van der Waals surface area contributed by atoms with Gasteiger partial charge in [-0.25, -0.2) is 0 Å². The molecule has 2 N–H and O–H groups in total. The van der Waals surface area contributed by atoms with E-state index in [1.54, 1.807) is 6.20 Å². The first-order valence-electron chi connectivity index (χ1n) is 5.96. The van der Waals surface area contributed by atoms with Gasteiger partial charge in [-0.05, 0) is 31.4 Å². The molecule has 0 radical (unpaired) electrons. The Morgan fingerprint density at radius 2 is 2.18 bits per heavy atom. The van der Waals surface area contributed by atoms with Gasteiger partial charge in [0.25, 0.3) is 0 Å². The molecule has 2 rings (SSSR count). The summed E-state index contributed by atoms with van der Waals surface area (Å²) in [6.07, 6.45) is 3.75. The number of benzene rings is 1. The smallest absolute Gasteiger partial charge is 0.0548 e. The van der Waals surface area contributed by atoms with E-state index in [2.05, 4.69) is 36.3 Å². The molecule has 0 spiro atoms. The summed E-state index contributed by atoms with van der Waals surface area (Å²) in [7, 11) is 1.93. The van der Waals surface area contributed by atoms with Crippen LogP contribution in [0.5, 0.6) is 0 Å². The molecule has 0 aliphatic heterocycles. The van der Waals surface area contributed by atoms with E-state index in [0.29, 0.717) is 0 Å². The number of aromatic nitrogens is 2. The maximum Gasteiger partial charge on any atom is 0.0548 e. The highest BCUT2D eigenvalue weighted by Gasteiger charge is 2.09. The van der Waals surface area contributed by atoms with E-state index < -0.39 is 0 Å². The summed E-state index contributed by atoms with van der Waals surface area (Å²) in [5, 5.41) is 4.14. The van der Waals surface area contributed by atoms with Crippen LogP contribution in [0.3, 0.4) is 0 Å². The predicted molar refractivity (Wildman–Crippen MR) is 69.6 cm³/mol. The number of nitrogens with two attached hydrogens (primary N) is 1. The second kappa shape index (κ2) is 5.15. The van der Waals surface area contributed by atoms with Gasteiger partial charge >= 0.3 is 0 Å². The molecule has 3 heteroatoms. The third-order valence-electron chi connectivity index (χ3n) is 3.07. The van der Waals surface area contributed by atoms with Gasteiger partial charge in [0.1, 0.15) is 0 Å². The fraction of sp³-hybridized carbons (Fsp3) is 0.357. The zero-order valence-corrected chi connectivity index (χ0v) is 10.4. The molecule has 1 unspecified atom stereocenters. The second-order valence-electron chi connectivity index (χ2n) is 4.51. The van der Waals surface area contributed by atoms with Crippen LogP contribution in [0.4, 0.5) is 0 Å². The lowest BCUT2D eigenvalue weighted by Gasteiger charge is -2.12. The van der Waals surface area contributed by atoms with Crippen molar-refractivity contribution < 1.29 is 0 Å². The molecule has 0 saturated carbocycles. The van der Waals surface area contributed by atoms with Crippen LogP contribution < -0.4 is 5.73 Å². The van der Waals surface area contributed by atoms with Crippen molar-refractivity contribution in [2.24, 2.45) is 12.8 Å². The molecular weight excluding hydrogens is 210 g/mol. The monoisotopic (exact) mass is 229 g/mol. The van der Waals surface area contributed by atoms with Gasteiger partial charge in [-0.1, -0.05) is 29.8 Å². The SMILES string of the molecule is Cc1cccc(CCC(N)c2ccnn2C)c1. The maximum absolute atomic E-state index is 6.17. The molecule has 0 bridgehead atoms. The summed E-state index contributed by atoms with van der Waals surface area (Å²) in [5.41, 5.74) is 9.91. The number of hydrogen-bond donors (Lipinski definition) is 1.